The fraction of sp³-hybridized carbons (Fsp3) is 0.310. The van der Waals surface area contributed by atoms with E-state index >= 15 is 0 Å². The summed E-state index contributed by atoms with van der Waals surface area (Å²) in [4.78, 5) is 26.8. The minimum atomic E-state index is -0.656. The first kappa shape index (κ1) is 26.4. The Balaban J connectivity index is 1.30. The molecule has 0 radical (unpaired) electrons. The lowest BCUT2D eigenvalue weighted by Crippen LogP contribution is -2.46. The number of hydrogen-bond donors (Lipinski definition) is 1. The highest BCUT2D eigenvalue weighted by atomic mass is 35.5. The van der Waals surface area contributed by atoms with Gasteiger partial charge in [0.1, 0.15) is 11.5 Å². The van der Waals surface area contributed by atoms with Gasteiger partial charge in [-0.25, -0.2) is 4.79 Å². The van der Waals surface area contributed by atoms with Crippen molar-refractivity contribution in [2.45, 2.75) is 45.4 Å². The molecule has 0 bridgehead atoms. The van der Waals surface area contributed by atoms with Crippen LogP contribution in [-0.2, 0) is 22.6 Å². The Bertz CT molecular complexity index is 1200. The first-order valence-electron chi connectivity index (χ1n) is 12.5. The molecule has 8 heteroatoms. The molecule has 1 atom stereocenters. The number of fused-ring (bicyclic) bond motifs is 1. The summed E-state index contributed by atoms with van der Waals surface area (Å²) in [5.41, 5.74) is 2.61. The molecule has 0 spiro atoms. The Hall–Kier alpha value is -3.71. The molecular formula is C29H31ClN2O5. The van der Waals surface area contributed by atoms with Crippen LogP contribution in [0.1, 0.15) is 37.3 Å². The van der Waals surface area contributed by atoms with E-state index in [1.165, 1.54) is 0 Å². The van der Waals surface area contributed by atoms with Crippen LogP contribution in [0.15, 0.2) is 72.8 Å². The molecule has 37 heavy (non-hydrogen) atoms. The number of unbranched alkanes of at least 4 members (excludes halogenated alkanes) is 1. The third kappa shape index (κ3) is 7.40. The van der Waals surface area contributed by atoms with Crippen molar-refractivity contribution in [3.8, 4) is 11.5 Å². The number of nitrogens with zero attached hydrogens (tertiary/aromatic N) is 1. The summed E-state index contributed by atoms with van der Waals surface area (Å²) < 4.78 is 17.0. The normalized spacial score (nSPS) is 14.5. The van der Waals surface area contributed by atoms with E-state index in [-0.39, 0.29) is 5.91 Å². The van der Waals surface area contributed by atoms with Gasteiger partial charge in [0, 0.05) is 18.0 Å². The van der Waals surface area contributed by atoms with E-state index in [9.17, 15) is 9.59 Å². The highest BCUT2D eigenvalue weighted by Crippen LogP contribution is 2.35. The van der Waals surface area contributed by atoms with Crippen LogP contribution in [0.25, 0.3) is 0 Å². The fourth-order valence-electron chi connectivity index (χ4n) is 3.96. The Morgan fingerprint density at radius 3 is 2.62 bits per heavy atom. The standard InChI is InChI=1S/C29H31ClN2O5/c1-2-3-16-36-29(34)31-19-21-11-13-24(14-12-21)35-17-15-27-28(33)32(20-22-7-6-8-23(30)18-22)25-9-4-5-10-26(25)37-27/h4-14,18,27H,2-3,15-17,19-20H2,1H3,(H,31,34). The topological polar surface area (TPSA) is 77.1 Å². The maximum absolute atomic E-state index is 13.3. The predicted octanol–water partition coefficient (Wildman–Crippen LogP) is 6.13. The van der Waals surface area contributed by atoms with Crippen molar-refractivity contribution in [1.29, 1.82) is 0 Å². The van der Waals surface area contributed by atoms with Crippen molar-refractivity contribution in [2.24, 2.45) is 0 Å². The van der Waals surface area contributed by atoms with Crippen LogP contribution in [0, 0.1) is 0 Å². The first-order valence-corrected chi connectivity index (χ1v) is 12.8. The van der Waals surface area contributed by atoms with Crippen molar-refractivity contribution in [2.75, 3.05) is 18.1 Å². The van der Waals surface area contributed by atoms with E-state index in [4.69, 9.17) is 25.8 Å². The molecule has 0 saturated carbocycles. The Kier molecular flexibility index (Phi) is 9.27. The molecular weight excluding hydrogens is 492 g/mol. The zero-order chi connectivity index (χ0) is 26.0. The van der Waals surface area contributed by atoms with Crippen LogP contribution >= 0.6 is 11.6 Å². The van der Waals surface area contributed by atoms with Crippen LogP contribution in [0.4, 0.5) is 10.5 Å². The van der Waals surface area contributed by atoms with E-state index in [1.54, 1.807) is 4.90 Å². The number of ether oxygens (including phenoxy) is 3. The van der Waals surface area contributed by atoms with Gasteiger partial charge in [0.15, 0.2) is 6.10 Å². The highest BCUT2D eigenvalue weighted by molar-refractivity contribution is 6.30. The second-order valence-electron chi connectivity index (χ2n) is 8.75. The number of hydrogen-bond acceptors (Lipinski definition) is 5. The van der Waals surface area contributed by atoms with Crippen molar-refractivity contribution in [3.05, 3.63) is 88.9 Å². The van der Waals surface area contributed by atoms with Gasteiger partial charge in [0.05, 0.1) is 25.4 Å². The number of benzene rings is 3. The number of carbonyl (C=O) groups is 2. The largest absolute Gasteiger partial charge is 0.493 e. The minimum absolute atomic E-state index is 0.116. The Morgan fingerprint density at radius 2 is 1.84 bits per heavy atom. The van der Waals surface area contributed by atoms with Gasteiger partial charge < -0.3 is 24.4 Å². The molecule has 4 rings (SSSR count). The molecule has 0 aromatic heterocycles. The Morgan fingerprint density at radius 1 is 1.03 bits per heavy atom. The van der Waals surface area contributed by atoms with Gasteiger partial charge in [-0.3, -0.25) is 4.79 Å². The molecule has 0 saturated heterocycles. The summed E-state index contributed by atoms with van der Waals surface area (Å²) in [6, 6.07) is 22.5. The summed E-state index contributed by atoms with van der Waals surface area (Å²) in [7, 11) is 0. The van der Waals surface area contributed by atoms with Crippen molar-refractivity contribution in [3.63, 3.8) is 0 Å². The number of carbonyl (C=O) groups excluding carboxylic acids is 2. The van der Waals surface area contributed by atoms with Crippen molar-refractivity contribution >= 4 is 29.3 Å². The van der Waals surface area contributed by atoms with Gasteiger partial charge in [-0.1, -0.05) is 61.3 Å². The van der Waals surface area contributed by atoms with E-state index < -0.39 is 12.2 Å². The predicted molar refractivity (Wildman–Crippen MR) is 143 cm³/mol. The van der Waals surface area contributed by atoms with Crippen LogP contribution < -0.4 is 19.7 Å². The van der Waals surface area contributed by atoms with Crippen LogP contribution in [-0.4, -0.2) is 31.3 Å². The molecule has 0 fully saturated rings. The third-order valence-electron chi connectivity index (χ3n) is 5.94. The molecule has 1 heterocycles. The number of alkyl carbamates (subject to hydrolysis) is 1. The summed E-state index contributed by atoms with van der Waals surface area (Å²) in [6.45, 7) is 3.55. The van der Waals surface area contributed by atoms with Gasteiger partial charge in [-0.2, -0.15) is 0 Å². The zero-order valence-electron chi connectivity index (χ0n) is 20.8. The van der Waals surface area contributed by atoms with Crippen LogP contribution in [0.3, 0.4) is 0 Å². The number of halogens is 1. The summed E-state index contributed by atoms with van der Waals surface area (Å²) in [5, 5.41) is 3.36. The SMILES string of the molecule is CCCCOC(=O)NCc1ccc(OCCC2Oc3ccccc3N(Cc3cccc(Cl)c3)C2=O)cc1. The molecule has 3 aromatic carbocycles. The highest BCUT2D eigenvalue weighted by Gasteiger charge is 2.34. The van der Waals surface area contributed by atoms with Crippen molar-refractivity contribution in [1.82, 2.24) is 5.32 Å². The second-order valence-corrected chi connectivity index (χ2v) is 9.19. The molecule has 194 valence electrons. The van der Waals surface area contributed by atoms with Gasteiger partial charge >= 0.3 is 6.09 Å². The monoisotopic (exact) mass is 522 g/mol. The smallest absolute Gasteiger partial charge is 0.407 e. The van der Waals surface area contributed by atoms with Crippen LogP contribution in [0.5, 0.6) is 11.5 Å². The summed E-state index contributed by atoms with van der Waals surface area (Å²) in [5.74, 6) is 1.22. The maximum atomic E-state index is 13.3. The lowest BCUT2D eigenvalue weighted by atomic mass is 10.1. The van der Waals surface area contributed by atoms with Gasteiger partial charge in [-0.15, -0.1) is 0 Å². The first-order chi connectivity index (χ1) is 18.0. The molecule has 0 aliphatic carbocycles. The quantitative estimate of drug-likeness (QED) is 0.306. The Labute approximate surface area is 222 Å². The molecule has 3 aromatic rings. The lowest BCUT2D eigenvalue weighted by molar-refractivity contribution is -0.127. The zero-order valence-corrected chi connectivity index (χ0v) is 21.6. The van der Waals surface area contributed by atoms with Crippen molar-refractivity contribution < 1.29 is 23.8 Å². The third-order valence-corrected chi connectivity index (χ3v) is 6.17. The van der Waals surface area contributed by atoms with Crippen LogP contribution in [0.2, 0.25) is 5.02 Å². The van der Waals surface area contributed by atoms with Gasteiger partial charge in [0.25, 0.3) is 5.91 Å². The maximum Gasteiger partial charge on any atom is 0.407 e. The number of anilines is 1. The minimum Gasteiger partial charge on any atom is -0.493 e. The van der Waals surface area contributed by atoms with E-state index in [1.807, 2.05) is 79.7 Å². The summed E-state index contributed by atoms with van der Waals surface area (Å²) >= 11 is 6.15. The second kappa shape index (κ2) is 13.0. The molecule has 1 unspecified atom stereocenters. The number of amides is 2. The van der Waals surface area contributed by atoms with E-state index in [2.05, 4.69) is 5.32 Å². The average molecular weight is 523 g/mol. The van der Waals surface area contributed by atoms with Gasteiger partial charge in [0.2, 0.25) is 0 Å². The molecule has 1 aliphatic rings. The molecule has 1 aliphatic heterocycles. The molecule has 1 N–H and O–H groups in total. The summed E-state index contributed by atoms with van der Waals surface area (Å²) in [6.07, 6.45) is 1.15. The molecule has 7 nitrogen and oxygen atoms in total. The fourth-order valence-corrected chi connectivity index (χ4v) is 4.17. The lowest BCUT2D eigenvalue weighted by Gasteiger charge is -2.34. The number of para-hydroxylation sites is 2. The average Bonchev–Trinajstić information content (AvgIpc) is 2.90. The van der Waals surface area contributed by atoms with Gasteiger partial charge in [-0.05, 0) is 53.9 Å². The molecule has 2 amide bonds. The number of rotatable bonds is 11. The van der Waals surface area contributed by atoms with E-state index in [0.29, 0.717) is 49.2 Å². The van der Waals surface area contributed by atoms with E-state index in [0.717, 1.165) is 29.7 Å². The number of nitrogens with one attached hydrogen (secondary N) is 1.